The fourth-order valence-electron chi connectivity index (χ4n) is 8.95. The van der Waals surface area contributed by atoms with Crippen molar-refractivity contribution in [2.45, 2.75) is 168 Å². The van der Waals surface area contributed by atoms with Crippen LogP contribution in [0, 0.1) is 33.6 Å². The van der Waals surface area contributed by atoms with E-state index in [1.165, 1.54) is 25.7 Å². The first-order valence-electron chi connectivity index (χ1n) is 22.5. The minimum absolute atomic E-state index is 0.0694. The van der Waals surface area contributed by atoms with Crippen molar-refractivity contribution < 1.29 is 23.8 Å². The molecule has 0 aliphatic carbocycles. The molecule has 4 unspecified atom stereocenters. The smallest absolute Gasteiger partial charge is 0.404 e. The number of fused-ring (bicyclic) bond motifs is 4. The highest BCUT2D eigenvalue weighted by molar-refractivity contribution is 6.61. The van der Waals surface area contributed by atoms with E-state index in [0.29, 0.717) is 42.1 Å². The lowest BCUT2D eigenvalue weighted by Gasteiger charge is -2.48. The number of hydrogen-bond donors (Lipinski definition) is 3. The van der Waals surface area contributed by atoms with E-state index in [9.17, 15) is 9.59 Å². The van der Waals surface area contributed by atoms with Gasteiger partial charge in [-0.3, -0.25) is 14.8 Å². The van der Waals surface area contributed by atoms with Gasteiger partial charge in [0, 0.05) is 67.4 Å². The summed E-state index contributed by atoms with van der Waals surface area (Å²) in [5.41, 5.74) is 4.80. The predicted molar refractivity (Wildman–Crippen MR) is 245 cm³/mol. The third-order valence-electron chi connectivity index (χ3n) is 12.0. The number of nitrogens with zero attached hydrogens (tertiary/aromatic N) is 7. The van der Waals surface area contributed by atoms with E-state index < -0.39 is 5.43 Å². The molecule has 4 aromatic rings. The molecule has 1 amide bonds. The van der Waals surface area contributed by atoms with Crippen molar-refractivity contribution in [3.8, 4) is 11.8 Å². The minimum Gasteiger partial charge on any atom is -0.474 e. The molecule has 4 atom stereocenters. The first-order chi connectivity index (χ1) is 30.2. The second-order valence-electron chi connectivity index (χ2n) is 17.8. The second kappa shape index (κ2) is 22.5. The van der Waals surface area contributed by atoms with Crippen LogP contribution in [0.5, 0.6) is 11.8 Å². The Morgan fingerprint density at radius 3 is 1.62 bits per heavy atom. The Balaban J connectivity index is 0.000000185. The largest absolute Gasteiger partial charge is 0.474 e. The molecule has 0 spiro atoms. The number of halogens is 1. The summed E-state index contributed by atoms with van der Waals surface area (Å²) in [5.74, 6) is 3.49. The first-order valence-corrected chi connectivity index (χ1v) is 22.9. The number of piperidine rings is 4. The Hall–Kier alpha value is -5.15. The highest BCUT2D eigenvalue weighted by atomic mass is 35.5. The van der Waals surface area contributed by atoms with Gasteiger partial charge in [-0.1, -0.05) is 20.3 Å². The van der Waals surface area contributed by atoms with E-state index in [1.807, 2.05) is 52.0 Å². The molecule has 4 aromatic heterocycles. The minimum atomic E-state index is -0.741. The number of hydrogen-bond acceptors (Lipinski definition) is 14. The van der Waals surface area contributed by atoms with Crippen LogP contribution < -0.4 is 25.4 Å². The zero-order valence-corrected chi connectivity index (χ0v) is 38.8. The van der Waals surface area contributed by atoms with E-state index >= 15 is 0 Å². The normalized spacial score (nSPS) is 22.4. The average molecular weight is 886 g/mol. The highest BCUT2D eigenvalue weighted by Gasteiger charge is 2.42. The van der Waals surface area contributed by atoms with E-state index in [2.05, 4.69) is 69.3 Å². The van der Waals surface area contributed by atoms with E-state index in [0.717, 1.165) is 84.1 Å². The number of carbonyl (C=O) groups excluding carboxylic acids is 2. The van der Waals surface area contributed by atoms with Gasteiger partial charge in [-0.05, 0) is 117 Å². The van der Waals surface area contributed by atoms with Gasteiger partial charge >= 0.3 is 5.43 Å². The number of rotatable bonds is 11. The second-order valence-corrected chi connectivity index (χ2v) is 18.1. The Labute approximate surface area is 377 Å². The van der Waals surface area contributed by atoms with Crippen LogP contribution in [0.2, 0.25) is 0 Å². The quantitative estimate of drug-likeness (QED) is 0.121. The zero-order chi connectivity index (χ0) is 45.0. The topological polar surface area (TPSA) is 178 Å². The lowest BCUT2D eigenvalue weighted by molar-refractivity contribution is -0.144. The van der Waals surface area contributed by atoms with Crippen LogP contribution in [0.1, 0.15) is 121 Å². The van der Waals surface area contributed by atoms with Crippen LogP contribution in [-0.4, -0.2) is 88.6 Å². The average Bonchev–Trinajstić information content (AvgIpc) is 3.22. The number of ether oxygens (including phenoxy) is 3. The molecule has 0 saturated carbocycles. The number of anilines is 4. The number of pyridine rings is 2. The molecule has 0 aromatic carbocycles. The summed E-state index contributed by atoms with van der Waals surface area (Å²) in [6.07, 6.45) is 18.5. The first kappa shape index (κ1) is 47.3. The summed E-state index contributed by atoms with van der Waals surface area (Å²) in [6, 6.07) is 9.54. The third kappa shape index (κ3) is 13.4. The number of aromatic nitrogens is 6. The lowest BCUT2D eigenvalue weighted by Crippen LogP contribution is -2.57. The van der Waals surface area contributed by atoms with E-state index in [-0.39, 0.29) is 30.4 Å². The molecule has 4 aliphatic heterocycles. The van der Waals surface area contributed by atoms with E-state index in [4.69, 9.17) is 21.1 Å². The maximum atomic E-state index is 12.8. The fraction of sp³-hybridized carbons (Fsp3) is 0.574. The molecule has 340 valence electrons. The fourth-order valence-corrected chi connectivity index (χ4v) is 9.12. The number of amides is 1. The van der Waals surface area contributed by atoms with Gasteiger partial charge in [-0.15, -0.1) is 0 Å². The molecule has 4 aliphatic rings. The van der Waals surface area contributed by atoms with E-state index in [1.54, 1.807) is 38.9 Å². The summed E-state index contributed by atoms with van der Waals surface area (Å²) < 4.78 is 17.1. The molecule has 16 heteroatoms. The lowest BCUT2D eigenvalue weighted by atomic mass is 9.82. The summed E-state index contributed by atoms with van der Waals surface area (Å²) in [5, 5.41) is 10.4. The third-order valence-corrected chi connectivity index (χ3v) is 12.0. The maximum absolute atomic E-state index is 12.8. The maximum Gasteiger partial charge on any atom is 0.404 e. The summed E-state index contributed by atoms with van der Waals surface area (Å²) in [4.78, 5) is 51.0. The SMILES string of the molecule is CC(C)OC(=O)Cl.Cc1ncccc1Nc1ncnc(OC2CC3CCCC(C2)N3)c1C.Cc1ncccc1Nc1ncnc(OC2CC3CCCC(C2)N3C(=O)CC(C)C)c1C. The molecule has 0 radical (unpaired) electrons. The molecule has 4 saturated heterocycles. The van der Waals surface area contributed by atoms with Crippen LogP contribution in [-0.2, 0) is 9.53 Å². The number of nitrogens with one attached hydrogen (secondary N) is 3. The van der Waals surface area contributed by atoms with Crippen molar-refractivity contribution >= 4 is 45.9 Å². The molecule has 4 fully saturated rings. The van der Waals surface area contributed by atoms with Gasteiger partial charge in [-0.2, -0.15) is 0 Å². The van der Waals surface area contributed by atoms with Gasteiger partial charge in [0.05, 0.1) is 40.0 Å². The van der Waals surface area contributed by atoms with Crippen molar-refractivity contribution in [3.63, 3.8) is 0 Å². The van der Waals surface area contributed by atoms with Crippen molar-refractivity contribution in [3.05, 3.63) is 71.8 Å². The van der Waals surface area contributed by atoms with Gasteiger partial charge in [0.2, 0.25) is 17.7 Å². The Morgan fingerprint density at radius 1 is 0.714 bits per heavy atom. The van der Waals surface area contributed by atoms with Crippen LogP contribution in [0.3, 0.4) is 0 Å². The summed E-state index contributed by atoms with van der Waals surface area (Å²) in [6.45, 7) is 15.6. The molecule has 4 bridgehead atoms. The van der Waals surface area contributed by atoms with Crippen molar-refractivity contribution in [1.29, 1.82) is 0 Å². The molecule has 15 nitrogen and oxygen atoms in total. The van der Waals surface area contributed by atoms with Gasteiger partial charge in [0.15, 0.2) is 0 Å². The molecule has 8 rings (SSSR count). The monoisotopic (exact) mass is 884 g/mol. The Bertz CT molecular complexity index is 2120. The molecular weight excluding hydrogens is 820 g/mol. The summed E-state index contributed by atoms with van der Waals surface area (Å²) >= 11 is 4.81. The number of aryl methyl sites for hydroxylation is 2. The summed E-state index contributed by atoms with van der Waals surface area (Å²) in [7, 11) is 0. The van der Waals surface area contributed by atoms with Crippen LogP contribution in [0.15, 0.2) is 49.3 Å². The standard InChI is InChI=1S/C24H33N5O2.C19H25N5O.C4H7ClO2/c1-15(2)11-22(30)29-18-7-5-8-19(29)13-20(12-18)31-24-16(3)23(26-14-27-24)28-21-9-6-10-25-17(21)4;1-12-18(24-17-7-4-8-20-13(17)2)21-11-22-19(12)25-16-9-14-5-3-6-15(10-16)23-14;1-3(2)7-4(5)6/h6,9-10,14-15,18-20H,5,7-8,11-13H2,1-4H3,(H,26,27,28);4,7-8,11,14-16,23H,3,5-6,9-10H2,1-2H3,(H,21,22,24);3H,1-2H3. The molecular formula is C47H65ClN10O5. The molecule has 8 heterocycles. The van der Waals surface area contributed by atoms with Gasteiger partial charge < -0.3 is 35.1 Å². The molecule has 3 N–H and O–H groups in total. The van der Waals surface area contributed by atoms with Crippen LogP contribution in [0.4, 0.5) is 27.8 Å². The van der Waals surface area contributed by atoms with Crippen LogP contribution >= 0.6 is 11.6 Å². The van der Waals surface area contributed by atoms with Gasteiger partial charge in [-0.25, -0.2) is 24.7 Å². The van der Waals surface area contributed by atoms with Crippen LogP contribution in [0.25, 0.3) is 0 Å². The van der Waals surface area contributed by atoms with Gasteiger partial charge in [0.25, 0.3) is 0 Å². The van der Waals surface area contributed by atoms with Crippen molar-refractivity contribution in [2.24, 2.45) is 5.92 Å². The highest BCUT2D eigenvalue weighted by Crippen LogP contribution is 2.38. The Kier molecular flexibility index (Phi) is 16.9. The Morgan fingerprint density at radius 2 is 1.19 bits per heavy atom. The number of carbonyl (C=O) groups is 2. The molecule has 63 heavy (non-hydrogen) atoms. The van der Waals surface area contributed by atoms with Crippen molar-refractivity contribution in [2.75, 3.05) is 10.6 Å². The van der Waals surface area contributed by atoms with Gasteiger partial charge in [0.1, 0.15) is 36.5 Å². The predicted octanol–water partition coefficient (Wildman–Crippen LogP) is 9.62. The van der Waals surface area contributed by atoms with Crippen molar-refractivity contribution in [1.82, 2.24) is 40.1 Å². The zero-order valence-electron chi connectivity index (χ0n) is 38.1.